The van der Waals surface area contributed by atoms with Gasteiger partial charge in [0.2, 0.25) is 5.91 Å². The molecule has 0 spiro atoms. The van der Waals surface area contributed by atoms with E-state index >= 15 is 0 Å². The molecule has 268 valence electrons. The number of nitrogens with zero attached hydrogens (tertiary/aromatic N) is 1. The van der Waals surface area contributed by atoms with Gasteiger partial charge in [-0.3, -0.25) is 19.1 Å². The van der Waals surface area contributed by atoms with Crippen LogP contribution in [0.4, 0.5) is 0 Å². The van der Waals surface area contributed by atoms with Gasteiger partial charge < -0.3 is 58.8 Å². The van der Waals surface area contributed by atoms with Gasteiger partial charge in [-0.1, -0.05) is 12.2 Å². The number of H-pyrrole nitrogens is 1. The molecule has 1 aromatic heterocycles. The van der Waals surface area contributed by atoms with E-state index in [2.05, 4.69) is 15.6 Å². The Morgan fingerprint density at radius 3 is 2.53 bits per heavy atom. The van der Waals surface area contributed by atoms with Crippen molar-refractivity contribution in [2.75, 3.05) is 40.6 Å². The van der Waals surface area contributed by atoms with Gasteiger partial charge in [-0.05, 0) is 43.9 Å². The van der Waals surface area contributed by atoms with Gasteiger partial charge in [0.25, 0.3) is 5.56 Å². The Morgan fingerprint density at radius 2 is 1.89 bits per heavy atom. The molecular weight excluding hydrogens is 683 g/mol. The van der Waals surface area contributed by atoms with Gasteiger partial charge in [-0.2, -0.15) is 0 Å². The lowest BCUT2D eigenvalue weighted by molar-refractivity contribution is -0.270. The summed E-state index contributed by atoms with van der Waals surface area (Å²) < 4.78 is 34.8. The van der Waals surface area contributed by atoms with Crippen LogP contribution >= 0.6 is 18.9 Å². The Labute approximate surface area is 282 Å². The van der Waals surface area contributed by atoms with Crippen molar-refractivity contribution in [3.8, 4) is 0 Å². The zero-order valence-electron chi connectivity index (χ0n) is 26.4. The molecule has 0 bridgehead atoms. The fourth-order valence-electron chi connectivity index (χ4n) is 5.50. The van der Waals surface area contributed by atoms with E-state index in [1.54, 1.807) is 0 Å². The number of amides is 1. The number of aliphatic hydroxyl groups is 3. The molecule has 2 aliphatic rings. The molecule has 17 nitrogen and oxygen atoms in total. The Kier molecular flexibility index (Phi) is 16.0. The van der Waals surface area contributed by atoms with Crippen LogP contribution in [0.1, 0.15) is 45.3 Å². The van der Waals surface area contributed by atoms with E-state index in [9.17, 15) is 34.6 Å². The van der Waals surface area contributed by atoms with Crippen molar-refractivity contribution in [2.24, 2.45) is 5.92 Å². The Balaban J connectivity index is 1.51. The van der Waals surface area contributed by atoms with Gasteiger partial charge in [-0.25, -0.2) is 4.79 Å². The molecule has 0 aliphatic carbocycles. The summed E-state index contributed by atoms with van der Waals surface area (Å²) in [4.78, 5) is 49.1. The first-order chi connectivity index (χ1) is 22.3. The van der Waals surface area contributed by atoms with Crippen LogP contribution in [-0.4, -0.2) is 124 Å². The molecule has 0 radical (unpaired) electrons. The number of carbonyl (C=O) groups is 1. The lowest BCUT2D eigenvalue weighted by Crippen LogP contribution is -2.64. The van der Waals surface area contributed by atoms with Crippen LogP contribution in [-0.2, 0) is 44.6 Å². The Hall–Kier alpha value is -1.71. The van der Waals surface area contributed by atoms with Crippen molar-refractivity contribution in [1.29, 1.82) is 0 Å². The van der Waals surface area contributed by atoms with Crippen molar-refractivity contribution >= 4 is 41.6 Å². The van der Waals surface area contributed by atoms with Crippen LogP contribution < -0.4 is 21.9 Å². The largest absolute Gasteiger partial charge is 0.394 e. The number of thiocarbonyl (C=S) groups is 1. The number of hydrogen-bond acceptors (Lipinski definition) is 14. The lowest BCUT2D eigenvalue weighted by atomic mass is 9.94. The quantitative estimate of drug-likeness (QED) is 0.0533. The van der Waals surface area contributed by atoms with Gasteiger partial charge in [-0.15, -0.1) is 0 Å². The molecule has 1 amide bonds. The fraction of sp³-hybridized carbons (Fsp3) is 0.778. The van der Waals surface area contributed by atoms with Crippen LogP contribution in [0.15, 0.2) is 21.9 Å². The zero-order valence-corrected chi connectivity index (χ0v) is 28.9. The van der Waals surface area contributed by atoms with Crippen molar-refractivity contribution < 1.29 is 53.0 Å². The molecule has 3 heterocycles. The minimum absolute atomic E-state index is 0.0895. The molecule has 1 aromatic rings. The molecule has 2 aliphatic heterocycles. The number of methoxy groups -OCH3 is 1. The summed E-state index contributed by atoms with van der Waals surface area (Å²) in [6, 6.07) is 0.202. The summed E-state index contributed by atoms with van der Waals surface area (Å²) in [7, 11) is 2.72. The first-order valence-electron chi connectivity index (χ1n) is 15.1. The maximum Gasteiger partial charge on any atom is 0.330 e. The first-order valence-corrected chi connectivity index (χ1v) is 18.1. The van der Waals surface area contributed by atoms with Gasteiger partial charge in [0.15, 0.2) is 6.29 Å². The topological polar surface area (TPSA) is 232 Å². The lowest BCUT2D eigenvalue weighted by Gasteiger charge is -2.42. The molecule has 2 saturated heterocycles. The predicted octanol–water partition coefficient (Wildman–Crippen LogP) is -1.23. The molecule has 2 fully saturated rings. The maximum absolute atomic E-state index is 12.6. The minimum atomic E-state index is -3.62. The van der Waals surface area contributed by atoms with Crippen molar-refractivity contribution in [3.63, 3.8) is 0 Å². The summed E-state index contributed by atoms with van der Waals surface area (Å²) in [5.41, 5.74) is -1.22. The minimum Gasteiger partial charge on any atom is -0.394 e. The summed E-state index contributed by atoms with van der Waals surface area (Å²) >= 11 is 10.6. The number of carbonyl (C=O) groups excluding carboxylic acids is 1. The van der Waals surface area contributed by atoms with Crippen LogP contribution in [0.3, 0.4) is 0 Å². The van der Waals surface area contributed by atoms with E-state index in [4.69, 9.17) is 52.0 Å². The molecular formula is C27H45N4O13PS2. The second kappa shape index (κ2) is 18.9. The second-order valence-corrected chi connectivity index (χ2v) is 14.6. The molecule has 20 heteroatoms. The van der Waals surface area contributed by atoms with Crippen molar-refractivity contribution in [1.82, 2.24) is 20.2 Å². The van der Waals surface area contributed by atoms with Crippen molar-refractivity contribution in [3.05, 3.63) is 33.1 Å². The molecule has 47 heavy (non-hydrogen) atoms. The molecule has 3 rings (SSSR count). The summed E-state index contributed by atoms with van der Waals surface area (Å²) in [5, 5.41) is 35.7. The van der Waals surface area contributed by atoms with E-state index in [-0.39, 0.29) is 13.2 Å². The standard InChI is InChI=1S/C27H45N4O13PS2/c1-15(33)29-21-23(36)22(35)17(13-32)43-26(21)41-12-5-4-8-20(46)28-10-6-7-16-24(44-45(38,47)40-3)18(14-39-2)42-25(16)31-11-9-19(34)30-27(31)37/h9,11,16-18,21-26,32,35-36H,4-8,10,12-14H2,1-3H3,(H,28,46)(H,29,33)(H,38,47)(H,30,34,37)/t16-,17+,18+,21+,22-,23+,24?,25+,26+,45?/m0/s1. The summed E-state index contributed by atoms with van der Waals surface area (Å²) in [6.45, 7) is -2.10. The van der Waals surface area contributed by atoms with Crippen LogP contribution in [0.25, 0.3) is 0 Å². The van der Waals surface area contributed by atoms with Gasteiger partial charge >= 0.3 is 12.4 Å². The van der Waals surface area contributed by atoms with E-state index in [1.807, 2.05) is 0 Å². The molecule has 2 unspecified atom stereocenters. The number of ether oxygens (including phenoxy) is 4. The Morgan fingerprint density at radius 1 is 1.15 bits per heavy atom. The number of nitrogens with one attached hydrogen (secondary N) is 3. The van der Waals surface area contributed by atoms with Crippen LogP contribution in [0, 0.1) is 5.92 Å². The summed E-state index contributed by atoms with van der Waals surface area (Å²) in [6.07, 6.45) is -3.08. The normalized spacial score (nSPS) is 30.5. The first kappa shape index (κ1) is 39.7. The van der Waals surface area contributed by atoms with Gasteiger partial charge in [0, 0.05) is 52.5 Å². The Bertz CT molecular complexity index is 1340. The fourth-order valence-corrected chi connectivity index (χ4v) is 6.73. The highest BCUT2D eigenvalue weighted by atomic mass is 32.5. The highest BCUT2D eigenvalue weighted by Crippen LogP contribution is 2.50. The SMILES string of the molecule is COC[C@H]1O[C@@H](n2ccc(=O)[nH]c2=O)[C@@H](CCCNC(=S)CCCCO[C@@H]2O[C@H](CO)[C@H](O)[C@H](O)[C@H]2NC(C)=O)C1OP(O)(=S)OC. The van der Waals surface area contributed by atoms with E-state index in [0.717, 1.165) is 0 Å². The van der Waals surface area contributed by atoms with Crippen LogP contribution in [0.2, 0.25) is 0 Å². The smallest absolute Gasteiger partial charge is 0.330 e. The number of hydrogen-bond donors (Lipinski definition) is 7. The highest BCUT2D eigenvalue weighted by molar-refractivity contribution is 8.07. The van der Waals surface area contributed by atoms with Gasteiger partial charge in [0.1, 0.15) is 42.8 Å². The molecule has 10 atom stereocenters. The predicted molar refractivity (Wildman–Crippen MR) is 174 cm³/mol. The number of aliphatic hydroxyl groups excluding tert-OH is 3. The third-order valence-corrected chi connectivity index (χ3v) is 9.80. The number of aromatic amines is 1. The third-order valence-electron chi connectivity index (χ3n) is 7.78. The monoisotopic (exact) mass is 728 g/mol. The zero-order chi connectivity index (χ0) is 34.7. The molecule has 0 saturated carbocycles. The average molecular weight is 729 g/mol. The second-order valence-electron chi connectivity index (χ2n) is 11.2. The maximum atomic E-state index is 12.6. The molecule has 7 N–H and O–H groups in total. The number of rotatable bonds is 18. The van der Waals surface area contributed by atoms with E-state index in [0.29, 0.717) is 43.6 Å². The van der Waals surface area contributed by atoms with Crippen LogP contribution in [0.5, 0.6) is 0 Å². The average Bonchev–Trinajstić information content (AvgIpc) is 3.33. The van der Waals surface area contributed by atoms with Crippen molar-refractivity contribution in [2.45, 2.75) is 88.1 Å². The van der Waals surface area contributed by atoms with E-state index in [1.165, 1.54) is 38.0 Å². The highest BCUT2D eigenvalue weighted by Gasteiger charge is 2.48. The third kappa shape index (κ3) is 11.4. The van der Waals surface area contributed by atoms with E-state index < -0.39 is 85.5 Å². The van der Waals surface area contributed by atoms with Gasteiger partial charge in [0.05, 0.1) is 18.2 Å². The number of unbranched alkanes of at least 4 members (excludes halogenated alkanes) is 1. The number of aromatic nitrogens is 2. The summed E-state index contributed by atoms with van der Waals surface area (Å²) in [5.74, 6) is -0.918. The molecule has 0 aromatic carbocycles.